The lowest BCUT2D eigenvalue weighted by atomic mass is 9.85. The van der Waals surface area contributed by atoms with Crippen LogP contribution >= 0.6 is 0 Å². The molecule has 32 heavy (non-hydrogen) atoms. The summed E-state index contributed by atoms with van der Waals surface area (Å²) < 4.78 is 15.4. The number of nitrogens with zero attached hydrogens (tertiary/aromatic N) is 1. The number of benzene rings is 3. The molecule has 1 amide bonds. The van der Waals surface area contributed by atoms with Crippen molar-refractivity contribution in [2.45, 2.75) is 5.60 Å². The van der Waals surface area contributed by atoms with Gasteiger partial charge in [-0.05, 0) is 47.5 Å². The summed E-state index contributed by atoms with van der Waals surface area (Å²) in [7, 11) is 4.49. The van der Waals surface area contributed by atoms with Gasteiger partial charge in [0.25, 0.3) is 5.91 Å². The number of para-hydroxylation sites is 1. The van der Waals surface area contributed by atoms with E-state index in [1.54, 1.807) is 66.7 Å². The Hall–Kier alpha value is -4.04. The summed E-state index contributed by atoms with van der Waals surface area (Å²) in [5.41, 5.74) is 1.28. The van der Waals surface area contributed by atoms with Gasteiger partial charge in [-0.1, -0.05) is 30.3 Å². The molecule has 0 aliphatic rings. The smallest absolute Gasteiger partial charge is 0.281 e. The highest BCUT2D eigenvalue weighted by molar-refractivity contribution is 5.92. The Morgan fingerprint density at radius 3 is 1.88 bits per heavy atom. The maximum Gasteiger partial charge on any atom is 0.281 e. The van der Waals surface area contributed by atoms with Crippen LogP contribution in [0.15, 0.2) is 71.8 Å². The summed E-state index contributed by atoms with van der Waals surface area (Å²) in [6.45, 7) is 0. The summed E-state index contributed by atoms with van der Waals surface area (Å²) in [6, 6.07) is 17.9. The normalized spacial score (nSPS) is 11.2. The van der Waals surface area contributed by atoms with Gasteiger partial charge in [0.1, 0.15) is 11.5 Å². The molecule has 8 heteroatoms. The second kappa shape index (κ2) is 9.84. The molecule has 3 aromatic rings. The third-order valence-corrected chi connectivity index (χ3v) is 4.96. The van der Waals surface area contributed by atoms with E-state index in [2.05, 4.69) is 10.5 Å². The summed E-state index contributed by atoms with van der Waals surface area (Å²) in [5, 5.41) is 25.6. The molecule has 0 spiro atoms. The minimum absolute atomic E-state index is 0.117. The summed E-state index contributed by atoms with van der Waals surface area (Å²) in [5.74, 6) is 0.531. The fourth-order valence-corrected chi connectivity index (χ4v) is 3.14. The molecule has 0 bridgehead atoms. The minimum Gasteiger partial charge on any atom is -0.504 e. The SMILES string of the molecule is COc1ccc(C(O)(C(=O)N/N=C/c2cccc(OC)c2O)c2ccc(OC)cc2)cc1. The lowest BCUT2D eigenvalue weighted by molar-refractivity contribution is -0.136. The van der Waals surface area contributed by atoms with Crippen LogP contribution in [0.5, 0.6) is 23.0 Å². The summed E-state index contributed by atoms with van der Waals surface area (Å²) >= 11 is 0. The molecule has 3 N–H and O–H groups in total. The number of phenolic OH excluding ortho intramolecular Hbond substituents is 1. The average Bonchev–Trinajstić information content (AvgIpc) is 2.84. The third-order valence-electron chi connectivity index (χ3n) is 4.96. The number of hydrogen-bond donors (Lipinski definition) is 3. The van der Waals surface area contributed by atoms with E-state index in [4.69, 9.17) is 14.2 Å². The van der Waals surface area contributed by atoms with E-state index >= 15 is 0 Å². The van der Waals surface area contributed by atoms with Gasteiger partial charge in [0.05, 0.1) is 27.5 Å². The minimum atomic E-state index is -2.05. The zero-order chi connectivity index (χ0) is 23.1. The molecule has 3 rings (SSSR count). The quantitative estimate of drug-likeness (QED) is 0.370. The Kier molecular flexibility index (Phi) is 6.97. The lowest BCUT2D eigenvalue weighted by Crippen LogP contribution is -2.43. The molecule has 0 aliphatic carbocycles. The maximum absolute atomic E-state index is 13.1. The first-order valence-electron chi connectivity index (χ1n) is 9.65. The molecule has 0 unspecified atom stereocenters. The first-order valence-corrected chi connectivity index (χ1v) is 9.65. The number of ether oxygens (including phenoxy) is 3. The highest BCUT2D eigenvalue weighted by Gasteiger charge is 2.40. The first-order chi connectivity index (χ1) is 15.4. The number of amides is 1. The zero-order valence-electron chi connectivity index (χ0n) is 17.9. The molecule has 0 heterocycles. The predicted molar refractivity (Wildman–Crippen MR) is 119 cm³/mol. The van der Waals surface area contributed by atoms with Crippen LogP contribution in [-0.4, -0.2) is 43.7 Å². The fraction of sp³-hybridized carbons (Fsp3) is 0.167. The molecule has 166 valence electrons. The molecular weight excluding hydrogens is 412 g/mol. The molecule has 0 saturated heterocycles. The summed E-state index contributed by atoms with van der Waals surface area (Å²) in [6.07, 6.45) is 1.26. The van der Waals surface area contributed by atoms with Crippen molar-refractivity contribution < 1.29 is 29.2 Å². The zero-order valence-corrected chi connectivity index (χ0v) is 17.9. The van der Waals surface area contributed by atoms with E-state index in [9.17, 15) is 15.0 Å². The number of carbonyl (C=O) groups is 1. The van der Waals surface area contributed by atoms with Gasteiger partial charge in [0, 0.05) is 5.56 Å². The number of carbonyl (C=O) groups excluding carboxylic acids is 1. The first kappa shape index (κ1) is 22.6. The lowest BCUT2D eigenvalue weighted by Gasteiger charge is -2.27. The average molecular weight is 436 g/mol. The van der Waals surface area contributed by atoms with Crippen LogP contribution in [0, 0.1) is 0 Å². The monoisotopic (exact) mass is 436 g/mol. The Labute approximate surface area is 185 Å². The molecule has 8 nitrogen and oxygen atoms in total. The molecule has 0 atom stereocenters. The molecular formula is C24H24N2O6. The molecule has 0 radical (unpaired) electrons. The maximum atomic E-state index is 13.1. The van der Waals surface area contributed by atoms with Crippen LogP contribution in [0.25, 0.3) is 0 Å². The Morgan fingerprint density at radius 1 is 0.875 bits per heavy atom. The van der Waals surface area contributed by atoms with Crippen molar-refractivity contribution in [3.63, 3.8) is 0 Å². The van der Waals surface area contributed by atoms with E-state index in [-0.39, 0.29) is 11.5 Å². The van der Waals surface area contributed by atoms with Crippen LogP contribution in [0.3, 0.4) is 0 Å². The predicted octanol–water partition coefficient (Wildman–Crippen LogP) is 2.80. The van der Waals surface area contributed by atoms with E-state index in [0.29, 0.717) is 28.2 Å². The standard InChI is InChI=1S/C24H24N2O6/c1-30-19-11-7-17(8-12-19)24(29,18-9-13-20(31-2)14-10-18)23(28)26-25-15-16-5-4-6-21(32-3)22(16)27/h4-15,27,29H,1-3H3,(H,26,28)/b25-15+. The van der Waals surface area contributed by atoms with E-state index in [1.807, 2.05) is 0 Å². The largest absolute Gasteiger partial charge is 0.504 e. The van der Waals surface area contributed by atoms with Crippen LogP contribution in [0.1, 0.15) is 16.7 Å². The Bertz CT molecular complexity index is 1050. The van der Waals surface area contributed by atoms with Crippen molar-refractivity contribution >= 4 is 12.1 Å². The number of aromatic hydroxyl groups is 1. The van der Waals surface area contributed by atoms with E-state index < -0.39 is 11.5 Å². The second-order valence-corrected chi connectivity index (χ2v) is 6.76. The number of rotatable bonds is 8. The number of hydrogen-bond acceptors (Lipinski definition) is 7. The van der Waals surface area contributed by atoms with Crippen molar-refractivity contribution in [2.24, 2.45) is 5.10 Å². The van der Waals surface area contributed by atoms with Gasteiger partial charge in [-0.3, -0.25) is 4.79 Å². The fourth-order valence-electron chi connectivity index (χ4n) is 3.14. The van der Waals surface area contributed by atoms with Gasteiger partial charge in [0.2, 0.25) is 0 Å². The third kappa shape index (κ3) is 4.50. The molecule has 0 saturated carbocycles. The van der Waals surface area contributed by atoms with Gasteiger partial charge in [-0.2, -0.15) is 5.10 Å². The Morgan fingerprint density at radius 2 is 1.41 bits per heavy atom. The number of hydrazone groups is 1. The Balaban J connectivity index is 1.94. The molecule has 0 aromatic heterocycles. The highest BCUT2D eigenvalue weighted by Crippen LogP contribution is 2.32. The number of methoxy groups -OCH3 is 3. The van der Waals surface area contributed by atoms with Crippen molar-refractivity contribution in [1.82, 2.24) is 5.43 Å². The topological polar surface area (TPSA) is 110 Å². The highest BCUT2D eigenvalue weighted by atomic mass is 16.5. The van der Waals surface area contributed by atoms with Crippen molar-refractivity contribution in [1.29, 1.82) is 0 Å². The van der Waals surface area contributed by atoms with Crippen molar-refractivity contribution in [3.05, 3.63) is 83.4 Å². The molecule has 0 fully saturated rings. The summed E-state index contributed by atoms with van der Waals surface area (Å²) in [4.78, 5) is 13.1. The van der Waals surface area contributed by atoms with Crippen molar-refractivity contribution in [3.8, 4) is 23.0 Å². The van der Waals surface area contributed by atoms with Gasteiger partial charge >= 0.3 is 0 Å². The molecule has 0 aliphatic heterocycles. The van der Waals surface area contributed by atoms with Crippen LogP contribution < -0.4 is 19.6 Å². The van der Waals surface area contributed by atoms with Gasteiger partial charge in [-0.15, -0.1) is 0 Å². The van der Waals surface area contributed by atoms with Crippen LogP contribution in [0.2, 0.25) is 0 Å². The van der Waals surface area contributed by atoms with Gasteiger partial charge < -0.3 is 24.4 Å². The number of aliphatic hydroxyl groups is 1. The number of phenols is 1. The van der Waals surface area contributed by atoms with E-state index in [1.165, 1.54) is 27.5 Å². The van der Waals surface area contributed by atoms with Crippen LogP contribution in [0.4, 0.5) is 0 Å². The second-order valence-electron chi connectivity index (χ2n) is 6.76. The van der Waals surface area contributed by atoms with Gasteiger partial charge in [0.15, 0.2) is 17.1 Å². The van der Waals surface area contributed by atoms with Crippen LogP contribution in [-0.2, 0) is 10.4 Å². The van der Waals surface area contributed by atoms with Crippen molar-refractivity contribution in [2.75, 3.05) is 21.3 Å². The van der Waals surface area contributed by atoms with Gasteiger partial charge in [-0.25, -0.2) is 5.43 Å². The number of nitrogens with one attached hydrogen (secondary N) is 1. The molecule has 3 aromatic carbocycles. The van der Waals surface area contributed by atoms with E-state index in [0.717, 1.165) is 0 Å².